The molecule has 0 saturated carbocycles. The third-order valence-corrected chi connectivity index (χ3v) is 62.9. The summed E-state index contributed by atoms with van der Waals surface area (Å²) < 4.78 is 111. The first-order chi connectivity index (χ1) is 60.4. The number of imide groups is 2. The van der Waals surface area contributed by atoms with Crippen molar-refractivity contribution in [1.82, 2.24) is 0 Å². The molecule has 14 aromatic rings. The molecule has 6 aliphatic rings. The van der Waals surface area contributed by atoms with Crippen molar-refractivity contribution in [2.75, 3.05) is 9.80 Å². The molecule has 10 atom stereocenters. The van der Waals surface area contributed by atoms with Crippen LogP contribution >= 0.6 is 0 Å². The first-order valence-corrected chi connectivity index (χ1v) is 58.3. The Labute approximate surface area is 726 Å². The average molecular weight is 1800 g/mol. The van der Waals surface area contributed by atoms with E-state index < -0.39 is 112 Å². The van der Waals surface area contributed by atoms with Gasteiger partial charge in [0.05, 0.1) is 33.6 Å². The molecule has 0 aliphatic carbocycles. The minimum atomic E-state index is -5.78. The van der Waals surface area contributed by atoms with Crippen molar-refractivity contribution in [2.45, 2.75) is 13.1 Å². The number of hydrogen-bond donors (Lipinski definition) is 1. The van der Waals surface area contributed by atoms with Crippen LogP contribution in [0.1, 0.15) is 63.7 Å². The van der Waals surface area contributed by atoms with Gasteiger partial charge in [0.1, 0.15) is 0 Å². The lowest BCUT2D eigenvalue weighted by Gasteiger charge is -2.57. The number of fused-ring (bicyclic) bond motifs is 8. The summed E-state index contributed by atoms with van der Waals surface area (Å²) in [6, 6.07) is 116. The Morgan fingerprint density at radius 3 is 0.855 bits per heavy atom. The number of carbonyl (C=O) groups excluding carboxylic acids is 4. The van der Waals surface area contributed by atoms with Crippen molar-refractivity contribution in [3.05, 3.63) is 433 Å². The Bertz CT molecular complexity index is 6540. The maximum Gasteiger partial charge on any atom is 0.518 e. The number of benzene rings is 14. The summed E-state index contributed by atoms with van der Waals surface area (Å²) in [6.45, 7) is 3.61. The normalized spacial score (nSPS) is 26.4. The molecule has 124 heavy (non-hydrogen) atoms. The molecule has 6 aliphatic heterocycles. The topological polar surface area (TPSA) is 215 Å². The minimum absolute atomic E-state index is 0.164. The molecule has 30 heteroatoms. The zero-order valence-electron chi connectivity index (χ0n) is 66.3. The van der Waals surface area contributed by atoms with E-state index in [4.69, 9.17) is 53.5 Å². The van der Waals surface area contributed by atoms with Crippen LogP contribution in [0.5, 0.6) is 0 Å². The number of nitrogens with zero attached hydrogens (tertiary/aromatic N) is 2. The molecule has 20 nitrogen and oxygen atoms in total. The smallest absolute Gasteiger partial charge is 0.390 e. The van der Waals surface area contributed by atoms with Gasteiger partial charge in [-0.05, 0) is 114 Å². The van der Waals surface area contributed by atoms with E-state index in [9.17, 15) is 14.4 Å². The first kappa shape index (κ1) is 80.5. The monoisotopic (exact) mass is 1800 g/mol. The number of hydrogen-bond acceptors (Lipinski definition) is 18. The molecule has 0 aromatic heterocycles. The fraction of sp³-hybridized carbons (Fsp3) is 0.0213. The quantitative estimate of drug-likeness (QED) is 0.0688. The highest BCUT2D eigenvalue weighted by Gasteiger charge is 2.80. The van der Waals surface area contributed by atoms with E-state index in [-0.39, 0.29) is 49.2 Å². The van der Waals surface area contributed by atoms with Crippen LogP contribution in [0, 0.1) is 23.7 Å². The second-order valence-corrected chi connectivity index (χ2v) is 59.2. The molecular weight excluding hydrogens is 1730 g/mol. The second-order valence-electron chi connectivity index (χ2n) is 30.2. The van der Waals surface area contributed by atoms with Gasteiger partial charge < -0.3 is 58.3 Å². The lowest BCUT2D eigenvalue weighted by Crippen LogP contribution is -2.90. The van der Waals surface area contributed by atoms with Crippen LogP contribution < -0.4 is 61.7 Å². The van der Waals surface area contributed by atoms with Crippen molar-refractivity contribution in [1.29, 1.82) is 0 Å². The van der Waals surface area contributed by atoms with Crippen LogP contribution in [0.3, 0.4) is 0 Å². The number of anilines is 2. The van der Waals surface area contributed by atoms with Gasteiger partial charge in [0.25, 0.3) is 23.6 Å². The predicted molar refractivity (Wildman–Crippen MR) is 488 cm³/mol. The van der Waals surface area contributed by atoms with Crippen molar-refractivity contribution in [3.63, 3.8) is 0 Å². The third-order valence-electron chi connectivity index (χ3n) is 22.0. The Kier molecular flexibility index (Phi) is 21.0. The minimum Gasteiger partial charge on any atom is -0.390 e. The average Bonchev–Trinajstić information content (AvgIpc) is 0.824. The highest BCUT2D eigenvalue weighted by molar-refractivity contribution is 7.11. The van der Waals surface area contributed by atoms with Gasteiger partial charge in [0.2, 0.25) is 0 Å². The number of carbonyl (C=O) groups is 4. The molecular formula is C94H72N2O18Si10. The largest absolute Gasteiger partial charge is 0.518 e. The van der Waals surface area contributed by atoms with Gasteiger partial charge in [0.15, 0.2) is 0 Å². The Balaban J connectivity index is 0.860. The summed E-state index contributed by atoms with van der Waals surface area (Å²) in [5.74, 6) is 10.4. The molecule has 14 aromatic carbocycles. The Hall–Kier alpha value is -11.9. The fourth-order valence-corrected chi connectivity index (χ4v) is 67.6. The summed E-state index contributed by atoms with van der Waals surface area (Å²) in [7, 11) is -53.0. The lowest BCUT2D eigenvalue weighted by molar-refractivity contribution is 0.0555. The third kappa shape index (κ3) is 14.7. The first-order valence-electron chi connectivity index (χ1n) is 40.0. The number of rotatable bonds is 12. The lowest BCUT2D eigenvalue weighted by atomic mass is 10.1. The van der Waals surface area contributed by atoms with Gasteiger partial charge in [-0.25, -0.2) is 9.80 Å². The highest BCUT2D eigenvalue weighted by Crippen LogP contribution is 2.45. The van der Waals surface area contributed by atoms with Crippen LogP contribution in [0.15, 0.2) is 388 Å². The van der Waals surface area contributed by atoms with Crippen LogP contribution in [0.2, 0.25) is 13.1 Å². The molecule has 10 unspecified atom stereocenters. The maximum atomic E-state index is 15.4. The molecule has 4 fully saturated rings. The Morgan fingerprint density at radius 1 is 0.242 bits per heavy atom. The van der Waals surface area contributed by atoms with E-state index in [0.717, 1.165) is 20.9 Å². The van der Waals surface area contributed by atoms with Crippen molar-refractivity contribution >= 4 is 175 Å². The molecule has 6 bridgehead atoms. The van der Waals surface area contributed by atoms with Crippen LogP contribution in [-0.2, 0) is 53.5 Å². The van der Waals surface area contributed by atoms with Gasteiger partial charge in [-0.15, -0.1) is 0 Å². The standard InChI is InChI=1S/C94H72N2O18Si10/c1-116(78-63-59-75(60-64-78)95-91(97)87-67-57-73(69-89(87)93(95)99)55-53-71-33-13-3-14-34-71)104-118(101,80-39-19-6-20-40-80)108-123(85-49-29-11-30-50-85)109-119(81-41-21-7-22-42-81)102-115(77-37-17-5-18-38-77)103-120(82-43-23-8-24-44-82)110-121(106-116,83-45-25-9-26-46-83)112-124(114-123,86-51-31-12-32-52-86)113-122(111-120,84-47-27-10-28-48-84)107-117(2,105-119)79-65-61-76(62-66-79)96-92(98)88-68-58-74(70-90(88)94(96)100)56-54-72-35-15-4-16-36-72/h3-52,57-70,101,115H,1-2H3. The van der Waals surface area contributed by atoms with Crippen LogP contribution in [0.25, 0.3) is 0 Å². The van der Waals surface area contributed by atoms with E-state index in [1.807, 2.05) is 261 Å². The molecule has 4 saturated heterocycles. The van der Waals surface area contributed by atoms with Crippen LogP contribution in [-0.4, -0.2) is 116 Å². The molecule has 4 amide bonds. The summed E-state index contributed by atoms with van der Waals surface area (Å²) in [5.41, 5.74) is 3.83. The fourth-order valence-electron chi connectivity index (χ4n) is 16.0. The van der Waals surface area contributed by atoms with Gasteiger partial charge >= 0.3 is 88.0 Å². The molecule has 0 radical (unpaired) electrons. The van der Waals surface area contributed by atoms with E-state index >= 15 is 9.59 Å². The summed E-state index contributed by atoms with van der Waals surface area (Å²) in [5, 5.41) is 3.32. The summed E-state index contributed by atoms with van der Waals surface area (Å²) in [4.78, 5) is 77.5. The van der Waals surface area contributed by atoms with Gasteiger partial charge in [-0.2, -0.15) is 0 Å². The molecule has 1 N–H and O–H groups in total. The van der Waals surface area contributed by atoms with Crippen molar-refractivity contribution in [3.8, 4) is 23.7 Å². The van der Waals surface area contributed by atoms with Crippen molar-refractivity contribution in [2.24, 2.45) is 0 Å². The zero-order valence-corrected chi connectivity index (χ0v) is 76.5. The Morgan fingerprint density at radius 2 is 0.500 bits per heavy atom. The van der Waals surface area contributed by atoms with Gasteiger partial charge in [-0.3, -0.25) is 19.2 Å². The van der Waals surface area contributed by atoms with E-state index in [1.165, 1.54) is 0 Å². The second kappa shape index (κ2) is 32.3. The number of amides is 4. The molecule has 20 rings (SSSR count). The van der Waals surface area contributed by atoms with E-state index in [2.05, 4.69) is 23.7 Å². The predicted octanol–water partition coefficient (Wildman–Crippen LogP) is 8.66. The van der Waals surface area contributed by atoms with Crippen LogP contribution in [0.4, 0.5) is 11.4 Å². The summed E-state index contributed by atoms with van der Waals surface area (Å²) >= 11 is 0. The SMILES string of the molecule is C[Si]1(c2ccc(N3C(=O)c4ccc(C#Cc5ccccc5)cc4C3=O)cc2)O[Si](O)(c2ccccc2)O[Si]2(c3ccccc3)O[Si]3(c4ccccc4)O[SiH](c4ccccc4)O[Si]4(c5ccccc5)O[Si](c5ccccc5)(O1)O[Si](c1ccccc1)(O[Si](c1ccccc1)(O[Si](C)(c1ccc(N5C(=O)c6ccc(C#Cc7ccccc7)cc6C5=O)cc1)O3)O4)O2. The van der Waals surface area contributed by atoms with Gasteiger partial charge in [-0.1, -0.05) is 327 Å². The van der Waals surface area contributed by atoms with E-state index in [1.54, 1.807) is 140 Å². The highest BCUT2D eigenvalue weighted by atomic mass is 28.6. The molecule has 0 spiro atoms. The van der Waals surface area contributed by atoms with Crippen molar-refractivity contribution < 1.29 is 77.5 Å². The zero-order chi connectivity index (χ0) is 84.4. The molecule has 6 heterocycles. The van der Waals surface area contributed by atoms with Gasteiger partial charge in [0, 0.05) is 58.6 Å². The van der Waals surface area contributed by atoms with E-state index in [0.29, 0.717) is 47.4 Å². The maximum absolute atomic E-state index is 15.4. The molecule has 606 valence electrons. The summed E-state index contributed by atoms with van der Waals surface area (Å²) in [6.07, 6.45) is 0.